The molecule has 46 heavy (non-hydrogen) atoms. The summed E-state index contributed by atoms with van der Waals surface area (Å²) in [7, 11) is 0. The zero-order valence-corrected chi connectivity index (χ0v) is 25.5. The normalized spacial score (nSPS) is 15.5. The number of anilines is 1. The maximum Gasteiger partial charge on any atom is 0.340 e. The highest BCUT2D eigenvalue weighted by molar-refractivity contribution is 5.97. The lowest BCUT2D eigenvalue weighted by Gasteiger charge is -2.39. The number of rotatable bonds is 11. The van der Waals surface area contributed by atoms with E-state index in [0.29, 0.717) is 22.2 Å². The summed E-state index contributed by atoms with van der Waals surface area (Å²) in [4.78, 5) is 62.3. The number of nitrogens with one attached hydrogen (secondary N) is 2. The van der Waals surface area contributed by atoms with Gasteiger partial charge in [-0.25, -0.2) is 9.48 Å². The molecule has 1 aliphatic carbocycles. The molecule has 13 nitrogen and oxygen atoms in total. The molecule has 2 atom stereocenters. The number of aryl methyl sites for hydroxylation is 1. The second kappa shape index (κ2) is 13.3. The third kappa shape index (κ3) is 6.82. The average molecular weight is 630 g/mol. The van der Waals surface area contributed by atoms with Gasteiger partial charge in [0.15, 0.2) is 0 Å². The summed E-state index contributed by atoms with van der Waals surface area (Å²) >= 11 is 0. The summed E-state index contributed by atoms with van der Waals surface area (Å²) < 4.78 is 6.53. The summed E-state index contributed by atoms with van der Waals surface area (Å²) in [5.41, 5.74) is -0.00935. The molecule has 240 valence electrons. The lowest BCUT2D eigenvalue weighted by Crippen LogP contribution is -2.50. The second-order valence-corrected chi connectivity index (χ2v) is 11.8. The first-order valence-corrected chi connectivity index (χ1v) is 15.1. The van der Waals surface area contributed by atoms with E-state index in [1.165, 1.54) is 16.9 Å². The number of benzene rings is 2. The molecule has 1 saturated carbocycles. The molecule has 0 saturated heterocycles. The number of hydrogen-bond donors (Lipinski definition) is 4. The van der Waals surface area contributed by atoms with E-state index in [1.807, 2.05) is 13.0 Å². The number of nitrogens with zero attached hydrogens (tertiary/aromatic N) is 3. The zero-order valence-electron chi connectivity index (χ0n) is 25.5. The molecule has 1 unspecified atom stereocenters. The van der Waals surface area contributed by atoms with Crippen molar-refractivity contribution >= 4 is 40.4 Å². The summed E-state index contributed by atoms with van der Waals surface area (Å²) in [6.45, 7) is 3.50. The SMILES string of the molecule is Cc1c(CC(=O)O)c(=O)oc2cc(NC(=O)C(CC(=O)O)n3cc([C@@](C)(NC(=O)c4ccccc4)C4CCCCC4)nn3)ccc12. The van der Waals surface area contributed by atoms with Crippen molar-refractivity contribution in [1.82, 2.24) is 20.3 Å². The van der Waals surface area contributed by atoms with E-state index in [1.54, 1.807) is 43.3 Å². The van der Waals surface area contributed by atoms with Gasteiger partial charge in [-0.3, -0.25) is 19.2 Å². The van der Waals surface area contributed by atoms with Crippen LogP contribution in [0.4, 0.5) is 5.69 Å². The number of carbonyl (C=O) groups excluding carboxylic acids is 2. The van der Waals surface area contributed by atoms with Crippen LogP contribution in [-0.2, 0) is 26.3 Å². The van der Waals surface area contributed by atoms with E-state index in [9.17, 15) is 29.1 Å². The Hall–Kier alpha value is -5.33. The van der Waals surface area contributed by atoms with Gasteiger partial charge >= 0.3 is 17.6 Å². The lowest BCUT2D eigenvalue weighted by atomic mass is 9.74. The molecule has 13 heteroatoms. The first-order valence-electron chi connectivity index (χ1n) is 15.1. The summed E-state index contributed by atoms with van der Waals surface area (Å²) in [5.74, 6) is -3.35. The molecule has 0 bridgehead atoms. The van der Waals surface area contributed by atoms with Crippen molar-refractivity contribution in [2.75, 3.05) is 5.32 Å². The number of aliphatic carboxylic acids is 2. The predicted octanol–water partition coefficient (Wildman–Crippen LogP) is 4.20. The van der Waals surface area contributed by atoms with E-state index in [2.05, 4.69) is 20.9 Å². The fourth-order valence-electron chi connectivity index (χ4n) is 6.14. The van der Waals surface area contributed by atoms with Gasteiger partial charge in [0.1, 0.15) is 17.3 Å². The highest BCUT2D eigenvalue weighted by atomic mass is 16.4. The van der Waals surface area contributed by atoms with Crippen molar-refractivity contribution in [1.29, 1.82) is 0 Å². The monoisotopic (exact) mass is 629 g/mol. The van der Waals surface area contributed by atoms with Crippen LogP contribution < -0.4 is 16.3 Å². The van der Waals surface area contributed by atoms with Gasteiger partial charge < -0.3 is 25.3 Å². The van der Waals surface area contributed by atoms with Crippen molar-refractivity contribution in [3.8, 4) is 0 Å². The van der Waals surface area contributed by atoms with Gasteiger partial charge in [0.2, 0.25) is 5.91 Å². The Balaban J connectivity index is 1.43. The maximum absolute atomic E-state index is 13.5. The van der Waals surface area contributed by atoms with Crippen molar-refractivity contribution in [2.24, 2.45) is 5.92 Å². The zero-order chi connectivity index (χ0) is 33.0. The number of hydrogen-bond acceptors (Lipinski definition) is 8. The highest BCUT2D eigenvalue weighted by Crippen LogP contribution is 2.39. The number of amides is 2. The van der Waals surface area contributed by atoms with E-state index in [0.717, 1.165) is 32.1 Å². The molecule has 0 aliphatic heterocycles. The minimum atomic E-state index is -1.30. The Morgan fingerprint density at radius 2 is 1.76 bits per heavy atom. The fraction of sp³-hybridized carbons (Fsp3) is 0.364. The van der Waals surface area contributed by atoms with Crippen LogP contribution in [0.1, 0.15) is 78.7 Å². The summed E-state index contributed by atoms with van der Waals surface area (Å²) in [6, 6.07) is 12.0. The molecule has 4 N–H and O–H groups in total. The van der Waals surface area contributed by atoms with Gasteiger partial charge in [-0.15, -0.1) is 5.10 Å². The number of fused-ring (bicyclic) bond motifs is 1. The largest absolute Gasteiger partial charge is 0.481 e. The first-order chi connectivity index (χ1) is 22.0. The molecule has 2 heterocycles. The fourth-order valence-corrected chi connectivity index (χ4v) is 6.14. The number of carboxylic acids is 2. The summed E-state index contributed by atoms with van der Waals surface area (Å²) in [6.07, 6.45) is 5.20. The molecule has 2 amide bonds. The molecule has 0 radical (unpaired) electrons. The van der Waals surface area contributed by atoms with Crippen LogP contribution in [0.25, 0.3) is 11.0 Å². The Labute approximate surface area is 263 Å². The highest BCUT2D eigenvalue weighted by Gasteiger charge is 2.41. The van der Waals surface area contributed by atoms with Crippen LogP contribution in [0.2, 0.25) is 0 Å². The molecule has 2 aromatic heterocycles. The quantitative estimate of drug-likeness (QED) is 0.175. The van der Waals surface area contributed by atoms with Crippen LogP contribution in [0.15, 0.2) is 63.9 Å². The second-order valence-electron chi connectivity index (χ2n) is 11.8. The van der Waals surface area contributed by atoms with E-state index >= 15 is 0 Å². The van der Waals surface area contributed by atoms with Crippen molar-refractivity contribution < 1.29 is 33.8 Å². The third-order valence-electron chi connectivity index (χ3n) is 8.75. The van der Waals surface area contributed by atoms with Crippen LogP contribution in [-0.4, -0.2) is 49.0 Å². The maximum atomic E-state index is 13.5. The van der Waals surface area contributed by atoms with Crippen LogP contribution in [0, 0.1) is 12.8 Å². The van der Waals surface area contributed by atoms with E-state index < -0.39 is 47.9 Å². The topological polar surface area (TPSA) is 194 Å². The Bertz CT molecular complexity index is 1840. The summed E-state index contributed by atoms with van der Waals surface area (Å²) in [5, 5.41) is 33.7. The van der Waals surface area contributed by atoms with Crippen LogP contribution in [0.5, 0.6) is 0 Å². The smallest absolute Gasteiger partial charge is 0.340 e. The van der Waals surface area contributed by atoms with E-state index in [4.69, 9.17) is 9.52 Å². The number of carboxylic acid groups (broad SMARTS) is 2. The first kappa shape index (κ1) is 32.1. The van der Waals surface area contributed by atoms with E-state index in [-0.39, 0.29) is 28.7 Å². The minimum Gasteiger partial charge on any atom is -0.481 e. The van der Waals surface area contributed by atoms with Crippen LogP contribution >= 0.6 is 0 Å². The van der Waals surface area contributed by atoms with Gasteiger partial charge in [-0.05, 0) is 62.4 Å². The number of carbonyl (C=O) groups is 4. The number of aromatic nitrogens is 3. The van der Waals surface area contributed by atoms with Crippen molar-refractivity contribution in [2.45, 2.75) is 70.4 Å². The third-order valence-corrected chi connectivity index (χ3v) is 8.75. The molecule has 4 aromatic rings. The van der Waals surface area contributed by atoms with Gasteiger partial charge in [-0.2, -0.15) is 0 Å². The van der Waals surface area contributed by atoms with Crippen molar-refractivity contribution in [3.05, 3.63) is 87.5 Å². The molecule has 5 rings (SSSR count). The molecular weight excluding hydrogens is 594 g/mol. The molecule has 1 fully saturated rings. The van der Waals surface area contributed by atoms with Gasteiger partial charge in [0.25, 0.3) is 5.91 Å². The Morgan fingerprint density at radius 3 is 2.43 bits per heavy atom. The van der Waals surface area contributed by atoms with Gasteiger partial charge in [0, 0.05) is 22.7 Å². The minimum absolute atomic E-state index is 0.0282. The molecular formula is C33H35N5O8. The van der Waals surface area contributed by atoms with Gasteiger partial charge in [0.05, 0.1) is 30.1 Å². The van der Waals surface area contributed by atoms with Crippen LogP contribution in [0.3, 0.4) is 0 Å². The van der Waals surface area contributed by atoms with Gasteiger partial charge in [-0.1, -0.05) is 42.7 Å². The lowest BCUT2D eigenvalue weighted by molar-refractivity contribution is -0.140. The molecule has 0 spiro atoms. The standard InChI is InChI=1S/C33H35N5O8/c1-19-23-14-13-22(15-26(23)46-32(45)24(19)16-28(39)40)34-31(44)25(17-29(41)42)38-18-27(36-37-38)33(2,21-11-7-4-8-12-21)35-30(43)20-9-5-3-6-10-20/h3,5-6,9-10,13-15,18,21,25H,4,7-8,11-12,16-17H2,1-2H3,(H,34,44)(H,35,43)(H,39,40)(H,41,42)/t25?,33-/m0/s1. The molecule has 1 aliphatic rings. The Kier molecular flexibility index (Phi) is 9.31. The Morgan fingerprint density at radius 1 is 1.04 bits per heavy atom. The average Bonchev–Trinajstić information content (AvgIpc) is 3.53. The van der Waals surface area contributed by atoms with Crippen molar-refractivity contribution in [3.63, 3.8) is 0 Å². The molecule has 2 aromatic carbocycles. The predicted molar refractivity (Wildman–Crippen MR) is 166 cm³/mol.